The van der Waals surface area contributed by atoms with Gasteiger partial charge in [-0.15, -0.1) is 0 Å². The molecule has 0 aromatic heterocycles. The van der Waals surface area contributed by atoms with Crippen LogP contribution in [0.5, 0.6) is 0 Å². The van der Waals surface area contributed by atoms with E-state index in [0.717, 1.165) is 0 Å². The van der Waals surface area contributed by atoms with Crippen molar-refractivity contribution in [3.05, 3.63) is 60.7 Å². The first-order valence-corrected chi connectivity index (χ1v) is 9.61. The molecule has 0 fully saturated rings. The third kappa shape index (κ3) is 3.28. The monoisotopic (exact) mass is 300 g/mol. The van der Waals surface area contributed by atoms with Crippen LogP contribution in [0.1, 0.15) is 6.92 Å². The Balaban J connectivity index is 2.35. The second-order valence-electron chi connectivity index (χ2n) is 5.16. The summed E-state index contributed by atoms with van der Waals surface area (Å²) >= 11 is 0. The fraction of sp³-hybridized carbons (Fsp3) is 0.294. The molecule has 0 saturated carbocycles. The lowest BCUT2D eigenvalue weighted by Gasteiger charge is -2.43. The van der Waals surface area contributed by atoms with E-state index in [0.29, 0.717) is 6.61 Å². The molecule has 0 saturated heterocycles. The fourth-order valence-electron chi connectivity index (χ4n) is 2.47. The van der Waals surface area contributed by atoms with Gasteiger partial charge in [0.05, 0.1) is 0 Å². The standard InChI is InChI=1S/C17H24N2OSi/c1-5-20-21(4,18(2)16-12-8-6-9-13-16)19(3)17-14-10-7-11-15-17/h6-15H,5H2,1-4H3. The Labute approximate surface area is 129 Å². The molecule has 21 heavy (non-hydrogen) atoms. The first-order valence-electron chi connectivity index (χ1n) is 7.31. The number of hydrogen-bond donors (Lipinski definition) is 0. The van der Waals surface area contributed by atoms with Gasteiger partial charge in [0.1, 0.15) is 0 Å². The molecule has 0 atom stereocenters. The molecule has 0 aliphatic heterocycles. The van der Waals surface area contributed by atoms with Crippen LogP contribution in [-0.2, 0) is 4.43 Å². The van der Waals surface area contributed by atoms with E-state index in [1.807, 2.05) is 12.1 Å². The predicted octanol–water partition coefficient (Wildman–Crippen LogP) is 3.86. The second kappa shape index (κ2) is 6.78. The van der Waals surface area contributed by atoms with Crippen LogP contribution in [0, 0.1) is 0 Å². The minimum Gasteiger partial charge on any atom is -0.383 e. The van der Waals surface area contributed by atoms with Gasteiger partial charge in [-0.3, -0.25) is 0 Å². The van der Waals surface area contributed by atoms with Crippen molar-refractivity contribution in [3.8, 4) is 0 Å². The third-order valence-electron chi connectivity index (χ3n) is 3.95. The van der Waals surface area contributed by atoms with Crippen LogP contribution >= 0.6 is 0 Å². The van der Waals surface area contributed by atoms with Gasteiger partial charge in [0, 0.05) is 32.1 Å². The Kier molecular flexibility index (Phi) is 5.04. The zero-order valence-electron chi connectivity index (χ0n) is 13.3. The summed E-state index contributed by atoms with van der Waals surface area (Å²) in [6.07, 6.45) is 0. The minimum absolute atomic E-state index is 0.705. The average molecular weight is 300 g/mol. The van der Waals surface area contributed by atoms with Crippen LogP contribution in [0.15, 0.2) is 60.7 Å². The number of benzene rings is 2. The van der Waals surface area contributed by atoms with Gasteiger partial charge < -0.3 is 13.6 Å². The summed E-state index contributed by atoms with van der Waals surface area (Å²) in [4.78, 5) is 0. The van der Waals surface area contributed by atoms with Crippen molar-refractivity contribution in [1.29, 1.82) is 0 Å². The molecule has 0 spiro atoms. The van der Waals surface area contributed by atoms with Gasteiger partial charge in [-0.1, -0.05) is 36.4 Å². The summed E-state index contributed by atoms with van der Waals surface area (Å²) in [7, 11) is 1.97. The Morgan fingerprint density at radius 3 is 1.52 bits per heavy atom. The summed E-state index contributed by atoms with van der Waals surface area (Å²) in [6.45, 7) is 5.00. The van der Waals surface area contributed by atoms with Crippen LogP contribution in [0.3, 0.4) is 0 Å². The molecule has 0 unspecified atom stereocenters. The molecule has 0 aliphatic carbocycles. The Morgan fingerprint density at radius 1 is 0.810 bits per heavy atom. The SMILES string of the molecule is CCO[Si](C)(N(C)c1ccccc1)N(C)c1ccccc1. The van der Waals surface area contributed by atoms with Gasteiger partial charge in [-0.2, -0.15) is 0 Å². The molecular formula is C17H24N2OSi. The van der Waals surface area contributed by atoms with Gasteiger partial charge in [-0.25, -0.2) is 0 Å². The lowest BCUT2D eigenvalue weighted by molar-refractivity contribution is 0.322. The Hall–Kier alpha value is -1.78. The van der Waals surface area contributed by atoms with E-state index < -0.39 is 8.64 Å². The van der Waals surface area contributed by atoms with Crippen LogP contribution in [0.2, 0.25) is 6.55 Å². The van der Waals surface area contributed by atoms with Crippen LogP contribution in [0.4, 0.5) is 11.4 Å². The summed E-state index contributed by atoms with van der Waals surface area (Å²) < 4.78 is 10.8. The number of anilines is 2. The van der Waals surface area contributed by atoms with Gasteiger partial charge in [0.25, 0.3) is 0 Å². The van der Waals surface area contributed by atoms with Crippen molar-refractivity contribution in [2.75, 3.05) is 29.8 Å². The lowest BCUT2D eigenvalue weighted by Crippen LogP contribution is -2.64. The Morgan fingerprint density at radius 2 is 1.19 bits per heavy atom. The number of para-hydroxylation sites is 2. The number of hydrogen-bond acceptors (Lipinski definition) is 3. The van der Waals surface area contributed by atoms with Crippen molar-refractivity contribution in [3.63, 3.8) is 0 Å². The largest absolute Gasteiger partial charge is 0.415 e. The molecule has 2 rings (SSSR count). The maximum absolute atomic E-state index is 6.25. The summed E-state index contributed by atoms with van der Waals surface area (Å²) in [5.41, 5.74) is 2.37. The van der Waals surface area contributed by atoms with Crippen molar-refractivity contribution < 1.29 is 4.43 Å². The fourth-order valence-corrected chi connectivity index (χ4v) is 5.11. The minimum atomic E-state index is -2.27. The first-order chi connectivity index (χ1) is 10.1. The van der Waals surface area contributed by atoms with Gasteiger partial charge in [-0.05, 0) is 37.7 Å². The topological polar surface area (TPSA) is 15.7 Å². The molecular weight excluding hydrogens is 276 g/mol. The molecule has 0 amide bonds. The molecule has 0 aliphatic rings. The third-order valence-corrected chi connectivity index (χ3v) is 7.79. The molecule has 2 aromatic rings. The van der Waals surface area contributed by atoms with Crippen molar-refractivity contribution >= 4 is 20.0 Å². The number of nitrogens with zero attached hydrogens (tertiary/aromatic N) is 2. The molecule has 112 valence electrons. The molecule has 2 aromatic carbocycles. The molecule has 0 radical (unpaired) electrons. The van der Waals surface area contributed by atoms with Crippen LogP contribution in [0.25, 0.3) is 0 Å². The van der Waals surface area contributed by atoms with E-state index in [1.54, 1.807) is 0 Å². The molecule has 0 N–H and O–H groups in total. The first kappa shape index (κ1) is 15.6. The van der Waals surface area contributed by atoms with E-state index >= 15 is 0 Å². The normalized spacial score (nSPS) is 11.2. The molecule has 0 bridgehead atoms. The zero-order valence-corrected chi connectivity index (χ0v) is 14.3. The van der Waals surface area contributed by atoms with E-state index in [4.69, 9.17) is 4.43 Å². The summed E-state index contributed by atoms with van der Waals surface area (Å²) in [6, 6.07) is 20.8. The number of rotatable bonds is 6. The average Bonchev–Trinajstić information content (AvgIpc) is 2.55. The van der Waals surface area contributed by atoms with Gasteiger partial charge >= 0.3 is 8.64 Å². The summed E-state index contributed by atoms with van der Waals surface area (Å²) in [5, 5.41) is 0. The van der Waals surface area contributed by atoms with E-state index in [2.05, 4.69) is 85.2 Å². The molecule has 0 heterocycles. The predicted molar refractivity (Wildman–Crippen MR) is 92.9 cm³/mol. The molecule has 3 nitrogen and oxygen atoms in total. The maximum atomic E-state index is 6.25. The van der Waals surface area contributed by atoms with Gasteiger partial charge in [0.15, 0.2) is 0 Å². The highest BCUT2D eigenvalue weighted by atomic mass is 28.4. The highest BCUT2D eigenvalue weighted by Gasteiger charge is 2.41. The van der Waals surface area contributed by atoms with Gasteiger partial charge in [0.2, 0.25) is 0 Å². The second-order valence-corrected chi connectivity index (χ2v) is 8.65. The highest BCUT2D eigenvalue weighted by Crippen LogP contribution is 2.26. The maximum Gasteiger partial charge on any atom is 0.415 e. The quantitative estimate of drug-likeness (QED) is 0.753. The summed E-state index contributed by atoms with van der Waals surface area (Å²) in [5.74, 6) is 0. The van der Waals surface area contributed by atoms with E-state index in [9.17, 15) is 0 Å². The van der Waals surface area contributed by atoms with Crippen molar-refractivity contribution in [2.45, 2.75) is 13.5 Å². The zero-order chi connectivity index (χ0) is 15.3. The van der Waals surface area contributed by atoms with Crippen LogP contribution < -0.4 is 9.13 Å². The van der Waals surface area contributed by atoms with E-state index in [1.165, 1.54) is 11.4 Å². The van der Waals surface area contributed by atoms with E-state index in [-0.39, 0.29) is 0 Å². The highest BCUT2D eigenvalue weighted by molar-refractivity contribution is 6.79. The smallest absolute Gasteiger partial charge is 0.383 e. The van der Waals surface area contributed by atoms with Crippen molar-refractivity contribution in [2.24, 2.45) is 0 Å². The van der Waals surface area contributed by atoms with Crippen molar-refractivity contribution in [1.82, 2.24) is 0 Å². The molecule has 4 heteroatoms. The Bertz CT molecular complexity index is 502. The van der Waals surface area contributed by atoms with Crippen LogP contribution in [-0.4, -0.2) is 29.3 Å². The lowest BCUT2D eigenvalue weighted by atomic mass is 10.3.